The number of hydrogen-bond acceptors (Lipinski definition) is 17. The largest absolute Gasteiger partial charge is 0.481 e. The molecule has 0 spiro atoms. The second kappa shape index (κ2) is 36.5. The molecule has 1 aromatic rings. The van der Waals surface area contributed by atoms with Gasteiger partial charge < -0.3 is 50.2 Å². The summed E-state index contributed by atoms with van der Waals surface area (Å²) in [6.07, 6.45) is 25.0. The van der Waals surface area contributed by atoms with Crippen molar-refractivity contribution < 1.29 is 76.5 Å². The highest BCUT2D eigenvalue weighted by Crippen LogP contribution is 2.60. The van der Waals surface area contributed by atoms with E-state index in [1.54, 1.807) is 0 Å². The summed E-state index contributed by atoms with van der Waals surface area (Å²) >= 11 is 0. The summed E-state index contributed by atoms with van der Waals surface area (Å²) < 4.78 is 56.6. The van der Waals surface area contributed by atoms with Gasteiger partial charge in [0, 0.05) is 19.0 Å². The topological polar surface area (TPSA) is 306 Å². The fraction of sp³-hybridized carbons (Fsp3) is 0.708. The number of allylic oxidation sites excluding steroid dienone is 7. The molecule has 0 radical (unpaired) electrons. The molecular weight excluding hydrogens is 952 g/mol. The average molecular weight is 1030 g/mol. The van der Waals surface area contributed by atoms with Gasteiger partial charge in [-0.3, -0.25) is 23.2 Å². The van der Waals surface area contributed by atoms with E-state index in [0.29, 0.717) is 44.9 Å². The minimum atomic E-state index is -5.47. The Hall–Kier alpha value is -3.36. The molecule has 9 atom stereocenters. The van der Waals surface area contributed by atoms with Crippen molar-refractivity contribution in [3.8, 4) is 0 Å². The van der Waals surface area contributed by atoms with Crippen molar-refractivity contribution >= 4 is 33.4 Å². The molecule has 1 aliphatic rings. The number of carbonyl (C=O) groups excluding carboxylic acids is 2. The molecule has 2 heterocycles. The summed E-state index contributed by atoms with van der Waals surface area (Å²) in [7, 11) is -10.9. The van der Waals surface area contributed by atoms with E-state index < -0.39 is 95.9 Å². The number of esters is 2. The molecule has 1 fully saturated rings. The lowest BCUT2D eigenvalue weighted by Gasteiger charge is -2.21. The Morgan fingerprint density at radius 3 is 1.94 bits per heavy atom. The van der Waals surface area contributed by atoms with Gasteiger partial charge in [-0.2, -0.15) is 9.29 Å². The molecule has 0 aromatic carbocycles. The first-order valence-electron chi connectivity index (χ1n) is 24.8. The van der Waals surface area contributed by atoms with Gasteiger partial charge in [0.05, 0.1) is 25.4 Å². The Bertz CT molecular complexity index is 1900. The first-order chi connectivity index (χ1) is 33.5. The number of ether oxygens (including phenoxy) is 3. The number of rotatable bonds is 40. The van der Waals surface area contributed by atoms with E-state index in [0.717, 1.165) is 75.0 Å². The zero-order chi connectivity index (χ0) is 51.6. The number of phosphoric acid groups is 2. The van der Waals surface area contributed by atoms with Gasteiger partial charge in [-0.1, -0.05) is 114 Å². The number of nitrogens with zero attached hydrogens (tertiary/aromatic N) is 2. The number of aliphatic hydroxyl groups is 4. The van der Waals surface area contributed by atoms with Crippen LogP contribution in [0.5, 0.6) is 0 Å². The van der Waals surface area contributed by atoms with Crippen LogP contribution in [0.15, 0.2) is 65.7 Å². The van der Waals surface area contributed by atoms with E-state index in [4.69, 9.17) is 29.0 Å². The first-order valence-corrected chi connectivity index (χ1v) is 27.8. The predicted molar refractivity (Wildman–Crippen MR) is 264 cm³/mol. The Labute approximate surface area is 413 Å². The highest BCUT2D eigenvalue weighted by atomic mass is 31.3. The zero-order valence-electron chi connectivity index (χ0n) is 41.0. The fourth-order valence-electron chi connectivity index (χ4n) is 7.05. The zero-order valence-corrected chi connectivity index (χ0v) is 42.8. The molecule has 2 rings (SSSR count). The van der Waals surface area contributed by atoms with Gasteiger partial charge in [-0.05, 0) is 83.1 Å². The van der Waals surface area contributed by atoms with Crippen molar-refractivity contribution in [3.63, 3.8) is 0 Å². The third-order valence-corrected chi connectivity index (χ3v) is 13.7. The summed E-state index contributed by atoms with van der Waals surface area (Å²) in [5, 5.41) is 41.5. The van der Waals surface area contributed by atoms with Gasteiger partial charge in [0.1, 0.15) is 30.7 Å². The second-order valence-electron chi connectivity index (χ2n) is 17.3. The maximum absolute atomic E-state index is 12.9. The molecule has 0 bridgehead atoms. The minimum absolute atomic E-state index is 0.0451. The van der Waals surface area contributed by atoms with E-state index in [1.165, 1.54) is 25.3 Å². The van der Waals surface area contributed by atoms with Crippen molar-refractivity contribution in [1.82, 2.24) is 9.55 Å². The SMILES string of the molecule is CCCCC/C=C\C/C=C\C/C=C\CCCCC(=O)OC[C@H](COP(=O)(O)OP(=O)(O)OC[C@H]1O[C@@H](n2ccc(N)nc2=O)[C@H](O)[C@@H]1O)OC(=O)CCCCCCC[C@H](O)[C@@H](O)C/C=C\CCCCC. The number of anilines is 1. The molecule has 1 saturated heterocycles. The Balaban J connectivity index is 1.86. The van der Waals surface area contributed by atoms with E-state index in [2.05, 4.69) is 53.5 Å². The molecular formula is C48H81N3O17P2. The van der Waals surface area contributed by atoms with Gasteiger partial charge in [0.25, 0.3) is 0 Å². The third-order valence-electron chi connectivity index (χ3n) is 11.1. The molecule has 1 aromatic heterocycles. The maximum Gasteiger partial charge on any atom is 0.481 e. The second-order valence-corrected chi connectivity index (χ2v) is 20.3. The number of aliphatic hydroxyl groups excluding tert-OH is 4. The number of aromatic nitrogens is 2. The van der Waals surface area contributed by atoms with Gasteiger partial charge >= 0.3 is 33.3 Å². The van der Waals surface area contributed by atoms with Crippen LogP contribution in [0.25, 0.3) is 0 Å². The number of carbonyl (C=O) groups is 2. The number of nitrogens with two attached hydrogens (primary N) is 1. The lowest BCUT2D eigenvalue weighted by molar-refractivity contribution is -0.161. The van der Waals surface area contributed by atoms with E-state index in [1.807, 2.05) is 18.2 Å². The molecule has 0 amide bonds. The summed E-state index contributed by atoms with van der Waals surface area (Å²) in [6, 6.07) is 1.23. The summed E-state index contributed by atoms with van der Waals surface area (Å²) in [4.78, 5) is 61.8. The van der Waals surface area contributed by atoms with Gasteiger partial charge in [-0.15, -0.1) is 0 Å². The van der Waals surface area contributed by atoms with Crippen molar-refractivity contribution in [3.05, 3.63) is 71.4 Å². The number of hydrogen-bond donors (Lipinski definition) is 7. The third kappa shape index (κ3) is 28.6. The molecule has 70 heavy (non-hydrogen) atoms. The molecule has 2 unspecified atom stereocenters. The number of unbranched alkanes of at least 4 members (excludes halogenated alkanes) is 12. The van der Waals surface area contributed by atoms with Gasteiger partial charge in [0.15, 0.2) is 12.3 Å². The smallest absolute Gasteiger partial charge is 0.462 e. The summed E-state index contributed by atoms with van der Waals surface area (Å²) in [5.41, 5.74) is 4.56. The van der Waals surface area contributed by atoms with Crippen LogP contribution in [0, 0.1) is 0 Å². The van der Waals surface area contributed by atoms with E-state index in [-0.39, 0.29) is 18.7 Å². The lowest BCUT2D eigenvalue weighted by Crippen LogP contribution is -2.36. The molecule has 22 heteroatoms. The lowest BCUT2D eigenvalue weighted by atomic mass is 10.0. The highest BCUT2D eigenvalue weighted by Gasteiger charge is 2.46. The quantitative estimate of drug-likeness (QED) is 0.0143. The number of phosphoric ester groups is 2. The Kier molecular flexibility index (Phi) is 32.8. The van der Waals surface area contributed by atoms with Crippen LogP contribution >= 0.6 is 15.6 Å². The number of nitrogen functional groups attached to an aromatic ring is 1. The average Bonchev–Trinajstić information content (AvgIpc) is 3.59. The highest BCUT2D eigenvalue weighted by molar-refractivity contribution is 7.61. The molecule has 400 valence electrons. The summed E-state index contributed by atoms with van der Waals surface area (Å²) in [6.45, 7) is 1.87. The van der Waals surface area contributed by atoms with E-state index >= 15 is 0 Å². The van der Waals surface area contributed by atoms with Crippen LogP contribution in [0.2, 0.25) is 0 Å². The van der Waals surface area contributed by atoms with Crippen LogP contribution in [0.1, 0.15) is 161 Å². The first kappa shape index (κ1) is 62.8. The Morgan fingerprint density at radius 2 is 1.30 bits per heavy atom. The fourth-order valence-corrected chi connectivity index (χ4v) is 9.16. The molecule has 20 nitrogen and oxygen atoms in total. The predicted octanol–water partition coefficient (Wildman–Crippen LogP) is 7.72. The monoisotopic (exact) mass is 1030 g/mol. The van der Waals surface area contributed by atoms with Crippen molar-refractivity contribution in [2.75, 3.05) is 25.6 Å². The van der Waals surface area contributed by atoms with E-state index in [9.17, 15) is 53.7 Å². The molecule has 0 saturated carbocycles. The minimum Gasteiger partial charge on any atom is -0.462 e. The van der Waals surface area contributed by atoms with Crippen molar-refractivity contribution in [2.24, 2.45) is 0 Å². The standard InChI is InChI=1S/C48H81N3O17P2/c1-3-5-7-9-11-12-13-14-15-16-17-18-19-23-27-31-43(54)63-35-38(66-44(55)32-28-24-20-22-26-30-40(53)39(52)29-25-21-10-8-6-4-2)36-64-69(59,60)68-70(61,62)65-37-41-45(56)46(57)47(67-41)51-34-33-42(49)50-48(51)58/h11-12,14-15,17-18,21,25,33-34,38-41,45-47,52-53,56-57H,3-10,13,16,19-20,22-24,26-32,35-37H2,1-2H3,(H,59,60)(H,61,62)(H2,49,50,58)/b12-11-,15-14-,18-17-,25-21-/t38-,39+,40+,41-,45-,46-,47-/m1/s1. The van der Waals surface area contributed by atoms with Crippen molar-refractivity contribution in [2.45, 2.75) is 198 Å². The summed E-state index contributed by atoms with van der Waals surface area (Å²) in [5.74, 6) is -1.47. The van der Waals surface area contributed by atoms with Crippen LogP contribution in [0.3, 0.4) is 0 Å². The van der Waals surface area contributed by atoms with Crippen LogP contribution in [-0.4, -0.2) is 108 Å². The molecule has 0 aliphatic carbocycles. The van der Waals surface area contributed by atoms with Crippen LogP contribution in [0.4, 0.5) is 5.82 Å². The molecule has 1 aliphatic heterocycles. The van der Waals surface area contributed by atoms with Gasteiger partial charge in [0.2, 0.25) is 0 Å². The Morgan fingerprint density at radius 1 is 0.743 bits per heavy atom. The maximum atomic E-state index is 12.9. The van der Waals surface area contributed by atoms with Gasteiger partial charge in [-0.25, -0.2) is 13.9 Å². The van der Waals surface area contributed by atoms with Crippen LogP contribution < -0.4 is 11.4 Å². The van der Waals surface area contributed by atoms with Crippen molar-refractivity contribution in [1.29, 1.82) is 0 Å². The molecule has 8 N–H and O–H groups in total. The van der Waals surface area contributed by atoms with Crippen LogP contribution in [-0.2, 0) is 46.3 Å². The normalized spacial score (nSPS) is 20.6.